The lowest BCUT2D eigenvalue weighted by atomic mass is 10.2. The third kappa shape index (κ3) is 4.13. The molecule has 1 amide bonds. The zero-order valence-electron chi connectivity index (χ0n) is 11.1. The van der Waals surface area contributed by atoms with Crippen LogP contribution in [0, 0.1) is 17.7 Å². The van der Waals surface area contributed by atoms with Crippen molar-refractivity contribution in [2.75, 3.05) is 11.9 Å². The molecule has 0 atom stereocenters. The van der Waals surface area contributed by atoms with Gasteiger partial charge in [-0.2, -0.15) is 0 Å². The molecule has 0 aliphatic heterocycles. The molecule has 5 heteroatoms. The molecule has 0 radical (unpaired) electrons. The third-order valence-corrected chi connectivity index (χ3v) is 2.63. The van der Waals surface area contributed by atoms with Gasteiger partial charge in [-0.3, -0.25) is 9.78 Å². The van der Waals surface area contributed by atoms with E-state index in [0.717, 1.165) is 0 Å². The molecule has 21 heavy (non-hydrogen) atoms. The normalized spacial score (nSPS) is 9.62. The molecule has 0 aliphatic rings. The van der Waals surface area contributed by atoms with Crippen LogP contribution >= 0.6 is 0 Å². The molecule has 4 nitrogen and oxygen atoms in total. The highest BCUT2D eigenvalue weighted by molar-refractivity contribution is 6.04. The van der Waals surface area contributed by atoms with Gasteiger partial charge < -0.3 is 10.4 Å². The standard InChI is InChI=1S/C16H13FN2O2/c17-14-11-12(3-1-2-10-20)4-5-15(14)19-16(21)13-6-8-18-9-7-13/h4-9,11,20H,2,10H2,(H,19,21). The Morgan fingerprint density at radius 2 is 2.05 bits per heavy atom. The number of nitrogens with zero attached hydrogens (tertiary/aromatic N) is 1. The maximum atomic E-state index is 13.9. The maximum Gasteiger partial charge on any atom is 0.255 e. The molecule has 2 rings (SSSR count). The smallest absolute Gasteiger partial charge is 0.255 e. The molecule has 2 aromatic rings. The summed E-state index contributed by atoms with van der Waals surface area (Å²) in [4.78, 5) is 15.7. The second-order valence-corrected chi connectivity index (χ2v) is 4.16. The Balaban J connectivity index is 2.12. The molecule has 0 saturated carbocycles. The van der Waals surface area contributed by atoms with Gasteiger partial charge in [-0.1, -0.05) is 11.8 Å². The third-order valence-electron chi connectivity index (χ3n) is 2.63. The van der Waals surface area contributed by atoms with Crippen molar-refractivity contribution < 1.29 is 14.3 Å². The summed E-state index contributed by atoms with van der Waals surface area (Å²) in [5, 5.41) is 11.1. The van der Waals surface area contributed by atoms with E-state index in [4.69, 9.17) is 5.11 Å². The number of carbonyl (C=O) groups excluding carboxylic acids is 1. The second-order valence-electron chi connectivity index (χ2n) is 4.16. The first-order valence-electron chi connectivity index (χ1n) is 6.31. The van der Waals surface area contributed by atoms with Crippen molar-refractivity contribution in [3.05, 3.63) is 59.7 Å². The predicted molar refractivity (Wildman–Crippen MR) is 77.2 cm³/mol. The van der Waals surface area contributed by atoms with Crippen LogP contribution in [0.1, 0.15) is 22.3 Å². The number of halogens is 1. The van der Waals surface area contributed by atoms with Crippen molar-refractivity contribution in [1.82, 2.24) is 4.98 Å². The number of aromatic nitrogens is 1. The van der Waals surface area contributed by atoms with Gasteiger partial charge in [0.25, 0.3) is 5.91 Å². The molecular weight excluding hydrogens is 271 g/mol. The largest absolute Gasteiger partial charge is 0.395 e. The van der Waals surface area contributed by atoms with Crippen LogP contribution in [0.15, 0.2) is 42.7 Å². The fourth-order valence-corrected chi connectivity index (χ4v) is 1.61. The van der Waals surface area contributed by atoms with Crippen LogP contribution < -0.4 is 5.32 Å². The van der Waals surface area contributed by atoms with Gasteiger partial charge in [-0.25, -0.2) is 4.39 Å². The first-order chi connectivity index (χ1) is 10.2. The summed E-state index contributed by atoms with van der Waals surface area (Å²) in [6.45, 7) is -0.0322. The Labute approximate surface area is 121 Å². The minimum Gasteiger partial charge on any atom is -0.395 e. The number of rotatable bonds is 3. The number of aliphatic hydroxyl groups is 1. The summed E-state index contributed by atoms with van der Waals surface area (Å²) in [7, 11) is 0. The van der Waals surface area contributed by atoms with Crippen LogP contribution in [-0.2, 0) is 0 Å². The molecule has 1 heterocycles. The lowest BCUT2D eigenvalue weighted by molar-refractivity contribution is 0.102. The highest BCUT2D eigenvalue weighted by Gasteiger charge is 2.09. The number of aliphatic hydroxyl groups excluding tert-OH is 1. The van der Waals surface area contributed by atoms with Crippen molar-refractivity contribution in [2.45, 2.75) is 6.42 Å². The molecule has 106 valence electrons. The average molecular weight is 284 g/mol. The minimum atomic E-state index is -0.562. The number of pyridine rings is 1. The summed E-state index contributed by atoms with van der Waals surface area (Å²) in [6.07, 6.45) is 3.32. The summed E-state index contributed by atoms with van der Waals surface area (Å²) in [5.41, 5.74) is 0.976. The van der Waals surface area contributed by atoms with Crippen LogP contribution in [0.3, 0.4) is 0 Å². The van der Waals surface area contributed by atoms with Crippen molar-refractivity contribution in [3.8, 4) is 11.8 Å². The molecule has 0 spiro atoms. The van der Waals surface area contributed by atoms with Crippen LogP contribution in [0.2, 0.25) is 0 Å². The lowest BCUT2D eigenvalue weighted by Gasteiger charge is -2.06. The molecule has 1 aromatic heterocycles. The van der Waals surface area contributed by atoms with E-state index in [2.05, 4.69) is 22.1 Å². The number of anilines is 1. The van der Waals surface area contributed by atoms with Crippen LogP contribution in [0.5, 0.6) is 0 Å². The number of amides is 1. The molecule has 0 bridgehead atoms. The highest BCUT2D eigenvalue weighted by atomic mass is 19.1. The summed E-state index contributed by atoms with van der Waals surface area (Å²) >= 11 is 0. The zero-order valence-corrected chi connectivity index (χ0v) is 11.1. The molecule has 2 N–H and O–H groups in total. The van der Waals surface area contributed by atoms with Gasteiger partial charge in [0.15, 0.2) is 0 Å². The van der Waals surface area contributed by atoms with Crippen LogP contribution in [-0.4, -0.2) is 22.6 Å². The zero-order chi connectivity index (χ0) is 15.1. The first kappa shape index (κ1) is 14.7. The van der Waals surface area contributed by atoms with Gasteiger partial charge in [0.2, 0.25) is 0 Å². The number of carbonyl (C=O) groups is 1. The molecule has 0 fully saturated rings. The number of hydrogen-bond acceptors (Lipinski definition) is 3. The van der Waals surface area contributed by atoms with Crippen molar-refractivity contribution in [3.63, 3.8) is 0 Å². The van der Waals surface area contributed by atoms with Crippen molar-refractivity contribution in [1.29, 1.82) is 0 Å². The molecule has 0 saturated heterocycles. The Bertz CT molecular complexity index is 690. The minimum absolute atomic E-state index is 0.0322. The monoisotopic (exact) mass is 284 g/mol. The van der Waals surface area contributed by atoms with E-state index in [0.29, 0.717) is 17.5 Å². The lowest BCUT2D eigenvalue weighted by Crippen LogP contribution is -2.13. The molecular formula is C16H13FN2O2. The van der Waals surface area contributed by atoms with Gasteiger partial charge in [-0.05, 0) is 30.3 Å². The van der Waals surface area contributed by atoms with E-state index >= 15 is 0 Å². The topological polar surface area (TPSA) is 62.2 Å². The summed E-state index contributed by atoms with van der Waals surface area (Å²) in [5.74, 6) is 4.46. The molecule has 1 aromatic carbocycles. The van der Waals surface area contributed by atoms with Gasteiger partial charge in [0, 0.05) is 29.9 Å². The van der Waals surface area contributed by atoms with E-state index < -0.39 is 11.7 Å². The fourth-order valence-electron chi connectivity index (χ4n) is 1.61. The predicted octanol–water partition coefficient (Wildman–Crippen LogP) is 2.21. The van der Waals surface area contributed by atoms with E-state index in [1.165, 1.54) is 24.5 Å². The van der Waals surface area contributed by atoms with Crippen LogP contribution in [0.4, 0.5) is 10.1 Å². The fraction of sp³-hybridized carbons (Fsp3) is 0.125. The van der Waals surface area contributed by atoms with Gasteiger partial charge >= 0.3 is 0 Å². The van der Waals surface area contributed by atoms with E-state index in [9.17, 15) is 9.18 Å². The summed E-state index contributed by atoms with van der Waals surface area (Å²) < 4.78 is 13.9. The number of hydrogen-bond donors (Lipinski definition) is 2. The summed E-state index contributed by atoms with van der Waals surface area (Å²) in [6, 6.07) is 7.39. The van der Waals surface area contributed by atoms with Crippen LogP contribution in [0.25, 0.3) is 0 Å². The first-order valence-corrected chi connectivity index (χ1v) is 6.31. The molecule has 0 unspecified atom stereocenters. The highest BCUT2D eigenvalue weighted by Crippen LogP contribution is 2.16. The second kappa shape index (κ2) is 7.17. The Kier molecular flexibility index (Phi) is 5.02. The Hall–Kier alpha value is -2.71. The Morgan fingerprint density at radius 3 is 2.71 bits per heavy atom. The number of benzene rings is 1. The SMILES string of the molecule is O=C(Nc1ccc(C#CCCO)cc1F)c1ccncc1. The quantitative estimate of drug-likeness (QED) is 0.849. The Morgan fingerprint density at radius 1 is 1.29 bits per heavy atom. The van der Waals surface area contributed by atoms with E-state index in [1.807, 2.05) is 0 Å². The van der Waals surface area contributed by atoms with Gasteiger partial charge in [0.05, 0.1) is 12.3 Å². The van der Waals surface area contributed by atoms with Crippen molar-refractivity contribution >= 4 is 11.6 Å². The maximum absolute atomic E-state index is 13.9. The molecule has 0 aliphatic carbocycles. The number of nitrogens with one attached hydrogen (secondary N) is 1. The van der Waals surface area contributed by atoms with Crippen molar-refractivity contribution in [2.24, 2.45) is 0 Å². The average Bonchev–Trinajstić information content (AvgIpc) is 2.51. The van der Waals surface area contributed by atoms with E-state index in [-0.39, 0.29) is 12.3 Å². The van der Waals surface area contributed by atoms with Gasteiger partial charge in [0.1, 0.15) is 5.82 Å². The van der Waals surface area contributed by atoms with E-state index in [1.54, 1.807) is 18.2 Å². The van der Waals surface area contributed by atoms with Gasteiger partial charge in [-0.15, -0.1) is 0 Å².